The summed E-state index contributed by atoms with van der Waals surface area (Å²) in [7, 11) is 0. The van der Waals surface area contributed by atoms with E-state index >= 15 is 0 Å². The Hall–Kier alpha value is -2.14. The number of carbonyl (C=O) groups is 1. The van der Waals surface area contributed by atoms with Crippen LogP contribution in [0.5, 0.6) is 0 Å². The first-order valence-corrected chi connectivity index (χ1v) is 10.6. The number of carboxylic acids is 1. The summed E-state index contributed by atoms with van der Waals surface area (Å²) in [4.78, 5) is 10.5. The molecule has 0 N–H and O–H groups in total. The molecule has 0 aliphatic carbocycles. The lowest BCUT2D eigenvalue weighted by atomic mass is 9.87. The molecular formula is C23H23IO2. The third kappa shape index (κ3) is 6.64. The van der Waals surface area contributed by atoms with E-state index in [-0.39, 0.29) is 32.2 Å². The molecule has 0 fully saturated rings. The van der Waals surface area contributed by atoms with E-state index in [1.807, 2.05) is 12.1 Å². The van der Waals surface area contributed by atoms with E-state index in [0.717, 1.165) is 5.56 Å². The topological polar surface area (TPSA) is 40.1 Å². The largest absolute Gasteiger partial charge is 0.545 e. The van der Waals surface area contributed by atoms with Crippen LogP contribution in [0.15, 0.2) is 84.9 Å². The second-order valence-electron chi connectivity index (χ2n) is 6.80. The van der Waals surface area contributed by atoms with E-state index in [1.54, 1.807) is 12.1 Å². The van der Waals surface area contributed by atoms with E-state index in [4.69, 9.17) is 0 Å². The van der Waals surface area contributed by atoms with Gasteiger partial charge in [0.25, 0.3) is 0 Å². The summed E-state index contributed by atoms with van der Waals surface area (Å²) in [6.07, 6.45) is 0. The molecule has 134 valence electrons. The number of halogens is 1. The van der Waals surface area contributed by atoms with Gasteiger partial charge in [0, 0.05) is 0 Å². The summed E-state index contributed by atoms with van der Waals surface area (Å²) in [5.74, 6) is -1.12. The first kappa shape index (κ1) is 20.2. The van der Waals surface area contributed by atoms with Crippen LogP contribution in [-0.2, 0) is 5.41 Å². The van der Waals surface area contributed by atoms with Gasteiger partial charge in [0.05, 0.1) is 5.97 Å². The van der Waals surface area contributed by atoms with E-state index < -0.39 is 5.97 Å². The Morgan fingerprint density at radius 3 is 1.50 bits per heavy atom. The normalized spacial score (nSPS) is 10.6. The minimum absolute atomic E-state index is 0.0287. The predicted octanol–water partition coefficient (Wildman–Crippen LogP) is 1.16. The van der Waals surface area contributed by atoms with Crippen LogP contribution in [0.4, 0.5) is 0 Å². The third-order valence-corrected chi connectivity index (χ3v) is 6.36. The van der Waals surface area contributed by atoms with Crippen LogP contribution in [-0.4, -0.2) is 5.97 Å². The fourth-order valence-corrected chi connectivity index (χ4v) is 4.46. The first-order valence-electron chi connectivity index (χ1n) is 8.43. The number of carboxylic acid groups (broad SMARTS) is 1. The highest BCUT2D eigenvalue weighted by Gasteiger charge is 2.13. The number of hydrogen-bond acceptors (Lipinski definition) is 2. The van der Waals surface area contributed by atoms with Crippen LogP contribution in [0, 0.1) is 7.14 Å². The molecule has 3 aromatic carbocycles. The lowest BCUT2D eigenvalue weighted by Gasteiger charge is -2.19. The smallest absolute Gasteiger partial charge is 0.357 e. The van der Waals surface area contributed by atoms with Crippen LogP contribution < -0.4 is 26.3 Å². The summed E-state index contributed by atoms with van der Waals surface area (Å²) < 4.78 is 2.96. The van der Waals surface area contributed by atoms with Crippen molar-refractivity contribution in [2.75, 3.05) is 0 Å². The van der Waals surface area contributed by atoms with Crippen molar-refractivity contribution < 1.29 is 31.1 Å². The minimum Gasteiger partial charge on any atom is -0.545 e. The quantitative estimate of drug-likeness (QED) is 0.553. The Morgan fingerprint density at radius 1 is 0.731 bits per heavy atom. The molecule has 0 aliphatic heterocycles. The Morgan fingerprint density at radius 2 is 1.15 bits per heavy atom. The van der Waals surface area contributed by atoms with E-state index in [2.05, 4.69) is 81.4 Å². The van der Waals surface area contributed by atoms with Crippen LogP contribution in [0.3, 0.4) is 0 Å². The van der Waals surface area contributed by atoms with Gasteiger partial charge < -0.3 is 9.90 Å². The van der Waals surface area contributed by atoms with E-state index in [1.165, 1.54) is 7.14 Å². The molecule has 3 rings (SSSR count). The minimum atomic E-state index is -1.12. The van der Waals surface area contributed by atoms with Gasteiger partial charge in [-0.3, -0.25) is 0 Å². The van der Waals surface area contributed by atoms with Gasteiger partial charge in [-0.05, 0) is 40.8 Å². The average molecular weight is 458 g/mol. The molecule has 3 aromatic rings. The van der Waals surface area contributed by atoms with E-state index in [0.29, 0.717) is 0 Å². The van der Waals surface area contributed by atoms with Gasteiger partial charge >= 0.3 is 21.2 Å². The molecule has 0 saturated carbocycles. The Bertz CT molecular complexity index is 767. The molecule has 0 saturated heterocycles. The van der Waals surface area contributed by atoms with Crippen LogP contribution >= 0.6 is 0 Å². The molecule has 0 unspecified atom stereocenters. The Balaban J connectivity index is 0.000000187. The predicted molar refractivity (Wildman–Crippen MR) is 99.8 cm³/mol. The lowest BCUT2D eigenvalue weighted by Crippen LogP contribution is -3.61. The van der Waals surface area contributed by atoms with Crippen molar-refractivity contribution in [1.82, 2.24) is 0 Å². The first-order chi connectivity index (χ1) is 12.4. The second kappa shape index (κ2) is 9.53. The van der Waals surface area contributed by atoms with Crippen molar-refractivity contribution in [2.45, 2.75) is 26.2 Å². The van der Waals surface area contributed by atoms with Crippen LogP contribution in [0.1, 0.15) is 36.7 Å². The number of hydrogen-bond donors (Lipinski definition) is 0. The van der Waals surface area contributed by atoms with Crippen molar-refractivity contribution in [3.63, 3.8) is 0 Å². The number of benzene rings is 3. The maximum Gasteiger partial charge on any atom is 0.357 e. The zero-order chi connectivity index (χ0) is 19.0. The van der Waals surface area contributed by atoms with Gasteiger partial charge in [0.1, 0.15) is 0 Å². The molecule has 0 amide bonds. The molecule has 0 spiro atoms. The number of carbonyl (C=O) groups excluding carboxylic acids is 1. The SMILES string of the molecule is CC(C)(C)c1ccc(C(=O)[O-])cc1.c1ccc([I+]c2ccccc2)cc1. The molecule has 0 radical (unpaired) electrons. The van der Waals surface area contributed by atoms with Gasteiger partial charge in [0.15, 0.2) is 7.14 Å². The molecule has 3 heteroatoms. The second-order valence-corrected chi connectivity index (χ2v) is 9.83. The molecule has 0 atom stereocenters. The van der Waals surface area contributed by atoms with Crippen molar-refractivity contribution >= 4 is 5.97 Å². The molecular weight excluding hydrogens is 435 g/mol. The summed E-state index contributed by atoms with van der Waals surface area (Å²) in [6, 6.07) is 28.2. The fraction of sp³-hybridized carbons (Fsp3) is 0.174. The number of rotatable bonds is 3. The monoisotopic (exact) mass is 458 g/mol. The molecule has 0 bridgehead atoms. The van der Waals surface area contributed by atoms with Gasteiger partial charge in [-0.2, -0.15) is 0 Å². The highest BCUT2D eigenvalue weighted by Crippen LogP contribution is 2.21. The Labute approximate surface area is 166 Å². The molecule has 26 heavy (non-hydrogen) atoms. The zero-order valence-electron chi connectivity index (χ0n) is 15.3. The third-order valence-electron chi connectivity index (χ3n) is 3.67. The molecule has 2 nitrogen and oxygen atoms in total. The highest BCUT2D eigenvalue weighted by molar-refractivity contribution is 5.85. The van der Waals surface area contributed by atoms with Crippen molar-refractivity contribution in [1.29, 1.82) is 0 Å². The lowest BCUT2D eigenvalue weighted by molar-refractivity contribution is -0.597. The van der Waals surface area contributed by atoms with Gasteiger partial charge in [-0.15, -0.1) is 0 Å². The van der Waals surface area contributed by atoms with Crippen LogP contribution in [0.25, 0.3) is 0 Å². The summed E-state index contributed by atoms with van der Waals surface area (Å²) >= 11 is 0.0287. The standard InChI is InChI=1S/C12H10I.C11H14O2/c1-3-7-11(8-4-1)13-12-9-5-2-6-10-12;1-11(2,3)9-6-4-8(5-7-9)10(12)13/h1-10H;4-7H,1-3H3,(H,12,13)/q+1;/p-1. The molecule has 0 aliphatic rings. The van der Waals surface area contributed by atoms with Crippen molar-refractivity contribution in [3.05, 3.63) is 103 Å². The van der Waals surface area contributed by atoms with Crippen molar-refractivity contribution in [2.24, 2.45) is 0 Å². The van der Waals surface area contributed by atoms with Crippen LogP contribution in [0.2, 0.25) is 0 Å². The maximum atomic E-state index is 10.5. The summed E-state index contributed by atoms with van der Waals surface area (Å²) in [5, 5.41) is 10.5. The summed E-state index contributed by atoms with van der Waals surface area (Å²) in [5.41, 5.74) is 1.41. The van der Waals surface area contributed by atoms with Gasteiger partial charge in [-0.1, -0.05) is 81.4 Å². The van der Waals surface area contributed by atoms with E-state index in [9.17, 15) is 9.90 Å². The Kier molecular flexibility index (Phi) is 7.39. The molecule has 0 heterocycles. The molecule has 0 aromatic heterocycles. The maximum absolute atomic E-state index is 10.5. The zero-order valence-corrected chi connectivity index (χ0v) is 17.4. The number of aromatic carboxylic acids is 1. The van der Waals surface area contributed by atoms with Gasteiger partial charge in [0.2, 0.25) is 0 Å². The average Bonchev–Trinajstić information content (AvgIpc) is 2.63. The van der Waals surface area contributed by atoms with Crippen molar-refractivity contribution in [3.8, 4) is 0 Å². The summed E-state index contributed by atoms with van der Waals surface area (Å²) in [6.45, 7) is 6.25. The van der Waals surface area contributed by atoms with Gasteiger partial charge in [-0.25, -0.2) is 0 Å². The highest BCUT2D eigenvalue weighted by atomic mass is 127. The fourth-order valence-electron chi connectivity index (χ4n) is 2.19.